The first kappa shape index (κ1) is 14.9. The highest BCUT2D eigenvalue weighted by molar-refractivity contribution is 5.89. The minimum Gasteiger partial charge on any atom is -0.447 e. The fraction of sp³-hybridized carbons (Fsp3) is 0.462. The molecule has 0 saturated heterocycles. The number of nitrogens with one attached hydrogen (secondary N) is 1. The Morgan fingerprint density at radius 2 is 2.10 bits per heavy atom. The minimum atomic E-state index is -0.903. The Kier molecular flexibility index (Phi) is 4.15. The molecule has 0 radical (unpaired) electrons. The van der Waals surface area contributed by atoms with Crippen LogP contribution in [0.1, 0.15) is 35.9 Å². The zero-order chi connectivity index (χ0) is 15.6. The first-order valence-electron chi connectivity index (χ1n) is 6.62. The summed E-state index contributed by atoms with van der Waals surface area (Å²) in [5.41, 5.74) is 1.59. The van der Waals surface area contributed by atoms with E-state index in [1.54, 1.807) is 6.92 Å². The van der Waals surface area contributed by atoms with Crippen molar-refractivity contribution in [3.05, 3.63) is 23.3 Å². The minimum absolute atomic E-state index is 0.118. The van der Waals surface area contributed by atoms with Crippen LogP contribution in [-0.2, 0) is 9.53 Å². The van der Waals surface area contributed by atoms with Crippen LogP contribution in [-0.4, -0.2) is 44.1 Å². The van der Waals surface area contributed by atoms with Gasteiger partial charge in [-0.2, -0.15) is 4.98 Å². The number of fused-ring (bicyclic) bond motifs is 1. The lowest BCUT2D eigenvalue weighted by atomic mass is 10.4. The van der Waals surface area contributed by atoms with E-state index in [0.29, 0.717) is 12.3 Å². The molecular formula is C13H17N5O3. The Bertz CT molecular complexity index is 694. The Morgan fingerprint density at radius 1 is 1.38 bits per heavy atom. The predicted molar refractivity (Wildman–Crippen MR) is 73.8 cm³/mol. The smallest absolute Gasteiger partial charge is 0.379 e. The number of carbonyl (C=O) groups excluding carboxylic acids is 2. The van der Waals surface area contributed by atoms with E-state index in [0.717, 1.165) is 11.4 Å². The van der Waals surface area contributed by atoms with E-state index in [4.69, 9.17) is 4.74 Å². The lowest BCUT2D eigenvalue weighted by molar-refractivity contribution is -0.129. The van der Waals surface area contributed by atoms with Crippen molar-refractivity contribution in [2.24, 2.45) is 0 Å². The molecule has 0 unspecified atom stereocenters. The number of nitrogens with zero attached hydrogens (tertiary/aromatic N) is 4. The van der Waals surface area contributed by atoms with E-state index in [-0.39, 0.29) is 11.7 Å². The molecule has 0 aliphatic rings. The van der Waals surface area contributed by atoms with Crippen LogP contribution in [0.5, 0.6) is 0 Å². The maximum Gasteiger partial charge on any atom is 0.379 e. The van der Waals surface area contributed by atoms with E-state index in [9.17, 15) is 9.59 Å². The average Bonchev–Trinajstić information content (AvgIpc) is 2.83. The van der Waals surface area contributed by atoms with E-state index in [1.165, 1.54) is 11.4 Å². The predicted octanol–water partition coefficient (Wildman–Crippen LogP) is 0.423. The number of amides is 1. The molecule has 2 aromatic heterocycles. The van der Waals surface area contributed by atoms with Gasteiger partial charge < -0.3 is 10.1 Å². The van der Waals surface area contributed by atoms with E-state index >= 15 is 0 Å². The maximum atomic E-state index is 12.0. The number of carbonyl (C=O) groups is 2. The molecule has 8 nitrogen and oxygen atoms in total. The lowest BCUT2D eigenvalue weighted by Crippen LogP contribution is -2.35. The molecule has 0 fully saturated rings. The largest absolute Gasteiger partial charge is 0.447 e. The van der Waals surface area contributed by atoms with Gasteiger partial charge in [0.15, 0.2) is 6.10 Å². The molecule has 0 bridgehead atoms. The number of hydrogen-bond acceptors (Lipinski definition) is 6. The van der Waals surface area contributed by atoms with Gasteiger partial charge in [0.1, 0.15) is 0 Å². The van der Waals surface area contributed by atoms with Gasteiger partial charge in [-0.15, -0.1) is 5.10 Å². The molecule has 0 aromatic carbocycles. The SMILES string of the molecule is CCNC(=O)[C@H](C)OC(=O)c1nc2nc(C)cc(C)n2n1. The first-order chi connectivity index (χ1) is 9.92. The van der Waals surface area contributed by atoms with Crippen LogP contribution in [0.15, 0.2) is 6.07 Å². The highest BCUT2D eigenvalue weighted by atomic mass is 16.5. The highest BCUT2D eigenvalue weighted by Gasteiger charge is 2.22. The number of aryl methyl sites for hydroxylation is 2. The summed E-state index contributed by atoms with van der Waals surface area (Å²) in [6.45, 7) is 7.41. The van der Waals surface area contributed by atoms with Crippen LogP contribution in [0.2, 0.25) is 0 Å². The van der Waals surface area contributed by atoms with Gasteiger partial charge in [0.05, 0.1) is 0 Å². The third-order valence-corrected chi connectivity index (χ3v) is 2.80. The van der Waals surface area contributed by atoms with Crippen molar-refractivity contribution >= 4 is 17.7 Å². The van der Waals surface area contributed by atoms with Crippen LogP contribution in [0.3, 0.4) is 0 Å². The molecule has 0 aliphatic carbocycles. The molecular weight excluding hydrogens is 274 g/mol. The molecule has 0 aliphatic heterocycles. The van der Waals surface area contributed by atoms with Gasteiger partial charge in [-0.05, 0) is 33.8 Å². The van der Waals surface area contributed by atoms with Gasteiger partial charge in [-0.25, -0.2) is 14.3 Å². The molecule has 0 spiro atoms. The number of aromatic nitrogens is 4. The molecule has 21 heavy (non-hydrogen) atoms. The molecule has 2 rings (SSSR count). The van der Waals surface area contributed by atoms with Crippen LogP contribution >= 0.6 is 0 Å². The van der Waals surface area contributed by atoms with Crippen molar-refractivity contribution in [2.45, 2.75) is 33.8 Å². The standard InChI is InChI=1S/C13H17N5O3/c1-5-14-11(19)9(4)21-12(20)10-16-13-15-7(2)6-8(3)18(13)17-10/h6,9H,5H2,1-4H3,(H,14,19)/t9-/m0/s1. The second-order valence-corrected chi connectivity index (χ2v) is 4.63. The molecule has 2 heterocycles. The maximum absolute atomic E-state index is 12.0. The van der Waals surface area contributed by atoms with Gasteiger partial charge in [0.25, 0.3) is 17.5 Å². The summed E-state index contributed by atoms with van der Waals surface area (Å²) < 4.78 is 6.49. The fourth-order valence-corrected chi connectivity index (χ4v) is 1.84. The summed E-state index contributed by atoms with van der Waals surface area (Å²) in [6, 6.07) is 1.83. The summed E-state index contributed by atoms with van der Waals surface area (Å²) in [5, 5.41) is 6.62. The van der Waals surface area contributed by atoms with Crippen molar-refractivity contribution < 1.29 is 14.3 Å². The third-order valence-electron chi connectivity index (χ3n) is 2.80. The lowest BCUT2D eigenvalue weighted by Gasteiger charge is -2.10. The summed E-state index contributed by atoms with van der Waals surface area (Å²) in [4.78, 5) is 31.7. The molecule has 1 amide bonds. The van der Waals surface area contributed by atoms with E-state index in [2.05, 4.69) is 20.4 Å². The van der Waals surface area contributed by atoms with Crippen molar-refractivity contribution in [1.82, 2.24) is 24.9 Å². The van der Waals surface area contributed by atoms with Crippen LogP contribution in [0.25, 0.3) is 5.78 Å². The summed E-state index contributed by atoms with van der Waals surface area (Å²) >= 11 is 0. The summed E-state index contributed by atoms with van der Waals surface area (Å²) in [5.74, 6) is -0.909. The Balaban J connectivity index is 2.20. The number of rotatable bonds is 4. The quantitative estimate of drug-likeness (QED) is 0.820. The van der Waals surface area contributed by atoms with Gasteiger partial charge in [0.2, 0.25) is 0 Å². The van der Waals surface area contributed by atoms with Crippen molar-refractivity contribution in [2.75, 3.05) is 6.54 Å². The number of hydrogen-bond donors (Lipinski definition) is 1. The van der Waals surface area contributed by atoms with Gasteiger partial charge >= 0.3 is 5.97 Å². The molecule has 1 N–H and O–H groups in total. The van der Waals surface area contributed by atoms with Crippen molar-refractivity contribution in [3.8, 4) is 0 Å². The fourth-order valence-electron chi connectivity index (χ4n) is 1.84. The number of ether oxygens (including phenoxy) is 1. The number of esters is 1. The molecule has 2 aromatic rings. The van der Waals surface area contributed by atoms with Crippen molar-refractivity contribution in [3.63, 3.8) is 0 Å². The van der Waals surface area contributed by atoms with Gasteiger partial charge in [0, 0.05) is 17.9 Å². The highest BCUT2D eigenvalue weighted by Crippen LogP contribution is 2.07. The van der Waals surface area contributed by atoms with Crippen LogP contribution in [0, 0.1) is 13.8 Å². The second-order valence-electron chi connectivity index (χ2n) is 4.63. The average molecular weight is 291 g/mol. The normalized spacial score (nSPS) is 12.2. The van der Waals surface area contributed by atoms with Crippen LogP contribution < -0.4 is 5.32 Å². The molecule has 1 atom stereocenters. The zero-order valence-corrected chi connectivity index (χ0v) is 12.4. The number of likely N-dealkylation sites (N-methyl/N-ethyl adjacent to an activating group) is 1. The summed E-state index contributed by atoms with van der Waals surface area (Å²) in [6.07, 6.45) is -0.903. The summed E-state index contributed by atoms with van der Waals surface area (Å²) in [7, 11) is 0. The Hall–Kier alpha value is -2.51. The monoisotopic (exact) mass is 291 g/mol. The van der Waals surface area contributed by atoms with E-state index < -0.39 is 12.1 Å². The Labute approximate surface area is 121 Å². The molecule has 8 heteroatoms. The second kappa shape index (κ2) is 5.86. The molecule has 112 valence electrons. The van der Waals surface area contributed by atoms with Gasteiger partial charge in [-0.3, -0.25) is 4.79 Å². The molecule has 0 saturated carbocycles. The van der Waals surface area contributed by atoms with Crippen molar-refractivity contribution in [1.29, 1.82) is 0 Å². The van der Waals surface area contributed by atoms with Gasteiger partial charge in [-0.1, -0.05) is 0 Å². The third kappa shape index (κ3) is 3.15. The first-order valence-corrected chi connectivity index (χ1v) is 6.62. The van der Waals surface area contributed by atoms with E-state index in [1.807, 2.05) is 19.9 Å². The zero-order valence-electron chi connectivity index (χ0n) is 12.4. The Morgan fingerprint density at radius 3 is 2.76 bits per heavy atom. The topological polar surface area (TPSA) is 98.5 Å². The van der Waals surface area contributed by atoms with Crippen LogP contribution in [0.4, 0.5) is 0 Å².